The number of nitrogens with one attached hydrogen (secondary N) is 2. The number of rotatable bonds is 10. The molecule has 182 valence electrons. The van der Waals surface area contributed by atoms with Gasteiger partial charge in [-0.15, -0.1) is 0 Å². The van der Waals surface area contributed by atoms with Gasteiger partial charge in [0.1, 0.15) is 11.6 Å². The Hall–Kier alpha value is -3.74. The summed E-state index contributed by atoms with van der Waals surface area (Å²) in [7, 11) is 0. The molecule has 1 aliphatic rings. The maximum absolute atomic E-state index is 14.7. The highest BCUT2D eigenvalue weighted by molar-refractivity contribution is 5.80. The number of hydrogen-bond donors (Lipinski definition) is 3. The number of fused-ring (bicyclic) bond motifs is 1. The lowest BCUT2D eigenvalue weighted by atomic mass is 9.95. The monoisotopic (exact) mass is 475 g/mol. The average Bonchev–Trinajstić information content (AvgIpc) is 2.87. The largest absolute Gasteiger partial charge is 0.481 e. The minimum absolute atomic E-state index is 0.0870. The van der Waals surface area contributed by atoms with E-state index in [1.807, 2.05) is 24.3 Å². The zero-order chi connectivity index (χ0) is 24.6. The predicted octanol–water partition coefficient (Wildman–Crippen LogP) is 4.94. The van der Waals surface area contributed by atoms with Gasteiger partial charge in [0.05, 0.1) is 5.92 Å². The highest BCUT2D eigenvalue weighted by Crippen LogP contribution is 2.26. The van der Waals surface area contributed by atoms with Crippen LogP contribution in [0.3, 0.4) is 0 Å². The predicted molar refractivity (Wildman–Crippen MR) is 134 cm³/mol. The van der Waals surface area contributed by atoms with Crippen molar-refractivity contribution in [2.24, 2.45) is 0 Å². The number of benzene rings is 2. The molecule has 2 aromatic carbocycles. The van der Waals surface area contributed by atoms with E-state index in [0.29, 0.717) is 24.0 Å². The summed E-state index contributed by atoms with van der Waals surface area (Å²) in [5.41, 5.74) is 3.71. The first-order chi connectivity index (χ1) is 17.0. The Morgan fingerprint density at radius 3 is 2.69 bits per heavy atom. The van der Waals surface area contributed by atoms with E-state index in [4.69, 9.17) is 0 Å². The first-order valence-corrected chi connectivity index (χ1v) is 12.1. The maximum Gasteiger partial charge on any atom is 0.312 e. The molecule has 0 saturated heterocycles. The second kappa shape index (κ2) is 11.6. The van der Waals surface area contributed by atoms with Crippen LogP contribution < -0.4 is 10.6 Å². The van der Waals surface area contributed by atoms with Crippen molar-refractivity contribution in [1.29, 1.82) is 0 Å². The van der Waals surface area contributed by atoms with E-state index in [1.165, 1.54) is 11.6 Å². The summed E-state index contributed by atoms with van der Waals surface area (Å²) in [5, 5.41) is 15.7. The van der Waals surface area contributed by atoms with E-state index < -0.39 is 17.7 Å². The number of amides is 1. The SMILES string of the molecule is O=C(CCCCc1ccc2c(n1)NCCC2)NC[C@@H](C(=O)O)c1ccc(-c2ccccc2)c(F)c1. The number of hydrogen-bond acceptors (Lipinski definition) is 4. The molecule has 0 bridgehead atoms. The van der Waals surface area contributed by atoms with Crippen molar-refractivity contribution < 1.29 is 19.1 Å². The number of aliphatic carboxylic acids is 1. The molecule has 1 amide bonds. The fourth-order valence-corrected chi connectivity index (χ4v) is 4.35. The molecule has 7 heteroatoms. The lowest BCUT2D eigenvalue weighted by molar-refractivity contribution is -0.138. The number of carbonyl (C=O) groups excluding carboxylic acids is 1. The Morgan fingerprint density at radius 2 is 1.91 bits per heavy atom. The van der Waals surface area contributed by atoms with Crippen LogP contribution in [-0.2, 0) is 22.4 Å². The molecule has 3 aromatic rings. The fraction of sp³-hybridized carbons (Fsp3) is 0.321. The molecular weight excluding hydrogens is 445 g/mol. The maximum atomic E-state index is 14.7. The zero-order valence-electron chi connectivity index (χ0n) is 19.6. The van der Waals surface area contributed by atoms with Gasteiger partial charge in [0, 0.05) is 30.8 Å². The van der Waals surface area contributed by atoms with Crippen LogP contribution in [0.5, 0.6) is 0 Å². The first kappa shape index (κ1) is 24.4. The van der Waals surface area contributed by atoms with E-state index in [9.17, 15) is 19.1 Å². The van der Waals surface area contributed by atoms with Crippen molar-refractivity contribution in [2.75, 3.05) is 18.4 Å². The number of aryl methyl sites for hydroxylation is 2. The van der Waals surface area contributed by atoms with Gasteiger partial charge in [-0.1, -0.05) is 48.5 Å². The standard InChI is InChI=1S/C28H30FN3O3/c29-25-17-21(13-15-23(25)19-7-2-1-3-8-19)24(28(34)35)18-31-26(33)11-5-4-10-22-14-12-20-9-6-16-30-27(20)32-22/h1-3,7-8,12-15,17,24H,4-6,9-11,16,18H2,(H,30,32)(H,31,33)(H,34,35)/t24-/m1/s1. The zero-order valence-corrected chi connectivity index (χ0v) is 19.6. The van der Waals surface area contributed by atoms with E-state index in [0.717, 1.165) is 49.3 Å². The molecule has 1 aromatic heterocycles. The van der Waals surface area contributed by atoms with E-state index in [2.05, 4.69) is 21.7 Å². The molecule has 4 rings (SSSR count). The topological polar surface area (TPSA) is 91.3 Å². The Morgan fingerprint density at radius 1 is 1.09 bits per heavy atom. The van der Waals surface area contributed by atoms with Crippen molar-refractivity contribution in [3.05, 3.63) is 83.3 Å². The summed E-state index contributed by atoms with van der Waals surface area (Å²) in [6.07, 6.45) is 4.75. The van der Waals surface area contributed by atoms with E-state index in [-0.39, 0.29) is 12.5 Å². The van der Waals surface area contributed by atoms with Gasteiger partial charge in [-0.3, -0.25) is 9.59 Å². The van der Waals surface area contributed by atoms with Crippen LogP contribution in [0.4, 0.5) is 10.2 Å². The highest BCUT2D eigenvalue weighted by atomic mass is 19.1. The molecule has 0 fully saturated rings. The third-order valence-electron chi connectivity index (χ3n) is 6.32. The van der Waals surface area contributed by atoms with Crippen molar-refractivity contribution >= 4 is 17.7 Å². The Labute approximate surface area is 204 Å². The number of carboxylic acids is 1. The number of unbranched alkanes of at least 4 members (excludes halogenated alkanes) is 1. The van der Waals surface area contributed by atoms with Crippen LogP contribution in [0.15, 0.2) is 60.7 Å². The van der Waals surface area contributed by atoms with Crippen LogP contribution in [0.2, 0.25) is 0 Å². The minimum Gasteiger partial charge on any atom is -0.481 e. The summed E-state index contributed by atoms with van der Waals surface area (Å²) in [5.74, 6) is -1.86. The number of pyridine rings is 1. The number of anilines is 1. The van der Waals surface area contributed by atoms with Crippen molar-refractivity contribution in [1.82, 2.24) is 10.3 Å². The van der Waals surface area contributed by atoms with Gasteiger partial charge in [-0.2, -0.15) is 0 Å². The number of nitrogens with zero attached hydrogens (tertiary/aromatic N) is 1. The first-order valence-electron chi connectivity index (χ1n) is 12.1. The van der Waals surface area contributed by atoms with Gasteiger partial charge < -0.3 is 15.7 Å². The van der Waals surface area contributed by atoms with Crippen molar-refractivity contribution in [3.8, 4) is 11.1 Å². The number of carbonyl (C=O) groups is 2. The highest BCUT2D eigenvalue weighted by Gasteiger charge is 2.22. The van der Waals surface area contributed by atoms with Crippen LogP contribution >= 0.6 is 0 Å². The molecule has 6 nitrogen and oxygen atoms in total. The third kappa shape index (κ3) is 6.44. The van der Waals surface area contributed by atoms with Crippen molar-refractivity contribution in [3.63, 3.8) is 0 Å². The van der Waals surface area contributed by atoms with Crippen LogP contribution in [0.1, 0.15) is 48.4 Å². The molecule has 0 unspecified atom stereocenters. The number of aromatic nitrogens is 1. The lowest BCUT2D eigenvalue weighted by Gasteiger charge is -2.17. The summed E-state index contributed by atoms with van der Waals surface area (Å²) in [4.78, 5) is 28.8. The molecule has 0 spiro atoms. The molecule has 1 atom stereocenters. The molecule has 2 heterocycles. The van der Waals surface area contributed by atoms with E-state index >= 15 is 0 Å². The van der Waals surface area contributed by atoms with Gasteiger partial charge in [0.2, 0.25) is 5.91 Å². The van der Waals surface area contributed by atoms with Crippen molar-refractivity contribution in [2.45, 2.75) is 44.4 Å². The molecular formula is C28H30FN3O3. The third-order valence-corrected chi connectivity index (χ3v) is 6.32. The summed E-state index contributed by atoms with van der Waals surface area (Å²) in [6.45, 7) is 0.862. The number of halogens is 1. The normalized spacial score (nSPS) is 13.4. The molecule has 0 saturated carbocycles. The van der Waals surface area contributed by atoms with Gasteiger partial charge in [-0.25, -0.2) is 9.37 Å². The molecule has 0 radical (unpaired) electrons. The van der Waals surface area contributed by atoms with Gasteiger partial charge in [0.25, 0.3) is 0 Å². The van der Waals surface area contributed by atoms with Crippen LogP contribution in [-0.4, -0.2) is 35.1 Å². The molecule has 1 aliphatic heterocycles. The summed E-state index contributed by atoms with van der Waals surface area (Å²) < 4.78 is 14.7. The second-order valence-electron chi connectivity index (χ2n) is 8.85. The molecule has 3 N–H and O–H groups in total. The van der Waals surface area contributed by atoms with Gasteiger partial charge in [-0.05, 0) is 60.9 Å². The molecule has 0 aliphatic carbocycles. The molecule has 35 heavy (non-hydrogen) atoms. The van der Waals surface area contributed by atoms with Crippen LogP contribution in [0, 0.1) is 5.82 Å². The quantitative estimate of drug-likeness (QED) is 0.361. The van der Waals surface area contributed by atoms with E-state index in [1.54, 1.807) is 24.3 Å². The Kier molecular flexibility index (Phi) is 8.08. The Bertz CT molecular complexity index is 1180. The second-order valence-corrected chi connectivity index (χ2v) is 8.85. The van der Waals surface area contributed by atoms with Gasteiger partial charge in [0.15, 0.2) is 0 Å². The number of carboxylic acid groups (broad SMARTS) is 1. The van der Waals surface area contributed by atoms with Gasteiger partial charge >= 0.3 is 5.97 Å². The minimum atomic E-state index is -1.11. The Balaban J connectivity index is 1.26. The average molecular weight is 476 g/mol. The fourth-order valence-electron chi connectivity index (χ4n) is 4.35. The summed E-state index contributed by atoms with van der Waals surface area (Å²) >= 11 is 0. The lowest BCUT2D eigenvalue weighted by Crippen LogP contribution is -2.31. The van der Waals surface area contributed by atoms with Crippen LogP contribution in [0.25, 0.3) is 11.1 Å². The smallest absolute Gasteiger partial charge is 0.312 e. The summed E-state index contributed by atoms with van der Waals surface area (Å²) in [6, 6.07) is 17.7.